The largest absolute Gasteiger partial charge is 0.307 e. The summed E-state index contributed by atoms with van der Waals surface area (Å²) >= 11 is 0. The number of likely N-dealkylation sites (N-methyl/N-ethyl adjacent to an activating group) is 1. The summed E-state index contributed by atoms with van der Waals surface area (Å²) in [6, 6.07) is 6.71. The topological polar surface area (TPSA) is 28.2 Å². The zero-order chi connectivity index (χ0) is 10.5. The van der Waals surface area contributed by atoms with E-state index in [0.29, 0.717) is 6.04 Å². The molecule has 1 fully saturated rings. The average molecular weight is 207 g/mol. The van der Waals surface area contributed by atoms with Gasteiger partial charge in [-0.1, -0.05) is 13.0 Å². The van der Waals surface area contributed by atoms with Crippen LogP contribution in [-0.2, 0) is 6.54 Å². The second-order valence-electron chi connectivity index (χ2n) is 4.08. The molecule has 0 aromatic carbocycles. The molecule has 3 heteroatoms. The molecule has 15 heavy (non-hydrogen) atoms. The lowest BCUT2D eigenvalue weighted by atomic mass is 10.2. The van der Waals surface area contributed by atoms with Gasteiger partial charge in [-0.25, -0.2) is 0 Å². The fourth-order valence-corrected chi connectivity index (χ4v) is 2.04. The molecular weight excluding hydrogens is 186 g/mol. The lowest BCUT2D eigenvalue weighted by Gasteiger charge is -2.14. The van der Waals surface area contributed by atoms with E-state index in [9.17, 15) is 0 Å². The maximum absolute atomic E-state index is 4.30. The highest BCUT2D eigenvalue weighted by atomic mass is 15.2. The van der Waals surface area contributed by atoms with E-state index in [0.717, 1.165) is 12.2 Å². The molecule has 0 bridgehead atoms. The van der Waals surface area contributed by atoms with Crippen LogP contribution in [-0.4, -0.2) is 35.6 Å². The molecule has 3 nitrogen and oxygen atoms in total. The van der Waals surface area contributed by atoms with E-state index < -0.39 is 0 Å². The fraction of sp³-hybridized carbons (Fsp3) is 0.583. The van der Waals surface area contributed by atoms with Crippen LogP contribution >= 0.6 is 0 Å². The Morgan fingerprint density at radius 2 is 2.53 bits per heavy atom. The predicted octanol–water partition coefficient (Wildman–Crippen LogP) is 1.51. The highest BCUT2D eigenvalue weighted by Crippen LogP contribution is 2.08. The number of nitrogens with one attached hydrogen (secondary N) is 1. The van der Waals surface area contributed by atoms with E-state index in [1.807, 2.05) is 18.3 Å². The second-order valence-corrected chi connectivity index (χ2v) is 4.08. The first-order valence-corrected chi connectivity index (χ1v) is 5.74. The van der Waals surface area contributed by atoms with Gasteiger partial charge in [-0.05, 0) is 31.6 Å². The van der Waals surface area contributed by atoms with Gasteiger partial charge in [-0.3, -0.25) is 4.98 Å². The van der Waals surface area contributed by atoms with E-state index in [1.165, 1.54) is 26.1 Å². The zero-order valence-corrected chi connectivity index (χ0v) is 9.32. The maximum Gasteiger partial charge on any atom is 0.0541 e. The molecule has 1 saturated heterocycles. The molecule has 0 amide bonds. The van der Waals surface area contributed by atoms with Gasteiger partial charge < -0.3 is 10.2 Å². The summed E-state index contributed by atoms with van der Waals surface area (Å²) in [5, 5.41) is 3.56. The molecule has 0 saturated carbocycles. The first kappa shape index (κ1) is 10.6. The minimum absolute atomic E-state index is 0. The van der Waals surface area contributed by atoms with Crippen LogP contribution in [0, 0.1) is 0 Å². The molecule has 1 atom stereocenters. The lowest BCUT2D eigenvalue weighted by Crippen LogP contribution is -2.32. The van der Waals surface area contributed by atoms with Gasteiger partial charge in [0.2, 0.25) is 0 Å². The quantitative estimate of drug-likeness (QED) is 0.811. The summed E-state index contributed by atoms with van der Waals surface area (Å²) in [5.74, 6) is 0. The van der Waals surface area contributed by atoms with Gasteiger partial charge in [0.05, 0.1) is 5.69 Å². The first-order valence-electron chi connectivity index (χ1n) is 5.74. The maximum atomic E-state index is 4.30. The van der Waals surface area contributed by atoms with Crippen LogP contribution < -0.4 is 5.32 Å². The highest BCUT2D eigenvalue weighted by Gasteiger charge is 2.20. The van der Waals surface area contributed by atoms with Crippen molar-refractivity contribution in [3.8, 4) is 0 Å². The molecule has 2 rings (SSSR count). The summed E-state index contributed by atoms with van der Waals surface area (Å²) in [6.45, 7) is 6.70. The monoisotopic (exact) mass is 207 g/mol. The minimum atomic E-state index is 0. The van der Waals surface area contributed by atoms with Crippen molar-refractivity contribution in [2.24, 2.45) is 0 Å². The van der Waals surface area contributed by atoms with Crippen molar-refractivity contribution in [3.63, 3.8) is 0 Å². The predicted molar refractivity (Wildman–Crippen MR) is 63.7 cm³/mol. The SMILES string of the molecule is CCN1CCC(NCc2ccccn2)C1.[HH]. The Morgan fingerprint density at radius 1 is 1.60 bits per heavy atom. The van der Waals surface area contributed by atoms with Gasteiger partial charge in [0.25, 0.3) is 0 Å². The number of pyridine rings is 1. The third-order valence-electron chi connectivity index (χ3n) is 3.02. The van der Waals surface area contributed by atoms with Crippen LogP contribution in [0.1, 0.15) is 20.5 Å². The minimum Gasteiger partial charge on any atom is -0.307 e. The standard InChI is InChI=1S/C12H19N3.H2/c1-2-15-8-6-12(10-15)14-9-11-5-3-4-7-13-11;/h3-5,7,12,14H,2,6,8-10H2,1H3;1H. The van der Waals surface area contributed by atoms with Crippen LogP contribution in [0.4, 0.5) is 0 Å². The van der Waals surface area contributed by atoms with E-state index in [2.05, 4.69) is 28.2 Å². The van der Waals surface area contributed by atoms with E-state index in [-0.39, 0.29) is 1.43 Å². The van der Waals surface area contributed by atoms with Crippen molar-refractivity contribution in [2.45, 2.75) is 25.9 Å². The third-order valence-corrected chi connectivity index (χ3v) is 3.02. The van der Waals surface area contributed by atoms with Gasteiger partial charge in [0.15, 0.2) is 0 Å². The van der Waals surface area contributed by atoms with Gasteiger partial charge in [0, 0.05) is 26.8 Å². The number of likely N-dealkylation sites (tertiary alicyclic amines) is 1. The fourth-order valence-electron chi connectivity index (χ4n) is 2.04. The van der Waals surface area contributed by atoms with Crippen molar-refractivity contribution in [1.82, 2.24) is 15.2 Å². The number of nitrogens with zero attached hydrogens (tertiary/aromatic N) is 2. The molecule has 1 aromatic rings. The number of rotatable bonds is 4. The van der Waals surface area contributed by atoms with Crippen molar-refractivity contribution in [1.29, 1.82) is 0 Å². The smallest absolute Gasteiger partial charge is 0.0541 e. The molecule has 1 unspecified atom stereocenters. The molecule has 2 heterocycles. The first-order chi connectivity index (χ1) is 7.38. The Hall–Kier alpha value is -0.930. The Balaban J connectivity index is 0.00000128. The molecule has 84 valence electrons. The van der Waals surface area contributed by atoms with E-state index >= 15 is 0 Å². The van der Waals surface area contributed by atoms with Crippen LogP contribution in [0.25, 0.3) is 0 Å². The molecular formula is C12H21N3. The van der Waals surface area contributed by atoms with Crippen LogP contribution in [0.2, 0.25) is 0 Å². The highest BCUT2D eigenvalue weighted by molar-refractivity contribution is 5.03. The molecule has 1 aliphatic rings. The van der Waals surface area contributed by atoms with Gasteiger partial charge in [0.1, 0.15) is 0 Å². The molecule has 1 N–H and O–H groups in total. The lowest BCUT2D eigenvalue weighted by molar-refractivity contribution is 0.345. The van der Waals surface area contributed by atoms with Crippen LogP contribution in [0.15, 0.2) is 24.4 Å². The van der Waals surface area contributed by atoms with Gasteiger partial charge >= 0.3 is 0 Å². The van der Waals surface area contributed by atoms with Crippen molar-refractivity contribution >= 4 is 0 Å². The average Bonchev–Trinajstić information content (AvgIpc) is 2.76. The van der Waals surface area contributed by atoms with Crippen LogP contribution in [0.5, 0.6) is 0 Å². The molecule has 1 aliphatic heterocycles. The van der Waals surface area contributed by atoms with E-state index in [1.54, 1.807) is 0 Å². The summed E-state index contributed by atoms with van der Waals surface area (Å²) in [7, 11) is 0. The normalized spacial score (nSPS) is 22.1. The summed E-state index contributed by atoms with van der Waals surface area (Å²) in [6.07, 6.45) is 3.12. The summed E-state index contributed by atoms with van der Waals surface area (Å²) in [4.78, 5) is 6.79. The Kier molecular flexibility index (Phi) is 3.69. The summed E-state index contributed by atoms with van der Waals surface area (Å²) < 4.78 is 0. The third kappa shape index (κ3) is 3.01. The molecule has 1 aromatic heterocycles. The Labute approximate surface area is 93.0 Å². The molecule has 0 aliphatic carbocycles. The Bertz CT molecular complexity index is 292. The Morgan fingerprint density at radius 3 is 3.20 bits per heavy atom. The number of hydrogen-bond donors (Lipinski definition) is 1. The van der Waals surface area contributed by atoms with E-state index in [4.69, 9.17) is 0 Å². The van der Waals surface area contributed by atoms with Gasteiger partial charge in [-0.15, -0.1) is 0 Å². The number of aromatic nitrogens is 1. The van der Waals surface area contributed by atoms with Crippen molar-refractivity contribution in [3.05, 3.63) is 30.1 Å². The number of hydrogen-bond acceptors (Lipinski definition) is 3. The molecule has 0 radical (unpaired) electrons. The summed E-state index contributed by atoms with van der Waals surface area (Å²) in [5.41, 5.74) is 1.13. The van der Waals surface area contributed by atoms with Gasteiger partial charge in [-0.2, -0.15) is 0 Å². The van der Waals surface area contributed by atoms with Crippen molar-refractivity contribution in [2.75, 3.05) is 19.6 Å². The van der Waals surface area contributed by atoms with Crippen LogP contribution in [0.3, 0.4) is 0 Å². The molecule has 0 spiro atoms. The van der Waals surface area contributed by atoms with Crippen molar-refractivity contribution < 1.29 is 1.43 Å². The zero-order valence-electron chi connectivity index (χ0n) is 9.32. The second kappa shape index (κ2) is 5.24.